The fourth-order valence-electron chi connectivity index (χ4n) is 2.80. The smallest absolute Gasteiger partial charge is 0.339 e. The number of pyridine rings is 1. The summed E-state index contributed by atoms with van der Waals surface area (Å²) in [5, 5.41) is 11.3. The molecule has 0 aliphatic carbocycles. The highest BCUT2D eigenvalue weighted by Crippen LogP contribution is 2.30. The van der Waals surface area contributed by atoms with Crippen molar-refractivity contribution in [3.63, 3.8) is 0 Å². The van der Waals surface area contributed by atoms with Crippen molar-refractivity contribution in [2.24, 2.45) is 7.05 Å². The van der Waals surface area contributed by atoms with Gasteiger partial charge in [-0.1, -0.05) is 0 Å². The van der Waals surface area contributed by atoms with Crippen LogP contribution in [-0.2, 0) is 11.8 Å². The van der Waals surface area contributed by atoms with E-state index < -0.39 is 5.97 Å². The van der Waals surface area contributed by atoms with Gasteiger partial charge in [0.25, 0.3) is 5.91 Å². The molecule has 1 N–H and O–H groups in total. The Kier molecular flexibility index (Phi) is 4.85. The lowest BCUT2D eigenvalue weighted by Gasteiger charge is -2.09. The minimum Gasteiger partial charge on any atom is -0.462 e. The van der Waals surface area contributed by atoms with Crippen molar-refractivity contribution in [3.05, 3.63) is 53.9 Å². The van der Waals surface area contributed by atoms with Crippen LogP contribution in [0.15, 0.2) is 37.1 Å². The summed E-state index contributed by atoms with van der Waals surface area (Å²) >= 11 is 1.45. The zero-order valence-electron chi connectivity index (χ0n) is 16.0. The number of fused-ring (bicyclic) bond motifs is 1. The maximum Gasteiger partial charge on any atom is 0.339 e. The molecule has 4 heterocycles. The van der Waals surface area contributed by atoms with Crippen LogP contribution in [0.1, 0.15) is 33.3 Å². The summed E-state index contributed by atoms with van der Waals surface area (Å²) in [6, 6.07) is 1.56. The third kappa shape index (κ3) is 3.61. The molecule has 29 heavy (non-hydrogen) atoms. The Balaban J connectivity index is 1.62. The Morgan fingerprint density at radius 1 is 1.21 bits per heavy atom. The Morgan fingerprint density at radius 2 is 2.03 bits per heavy atom. The summed E-state index contributed by atoms with van der Waals surface area (Å²) in [6.07, 6.45) is 8.48. The van der Waals surface area contributed by atoms with Crippen LogP contribution in [-0.4, -0.2) is 42.9 Å². The van der Waals surface area contributed by atoms with Crippen LogP contribution >= 0.6 is 11.3 Å². The Bertz CT molecular complexity index is 1220. The highest BCUT2D eigenvalue weighted by molar-refractivity contribution is 7.21. The van der Waals surface area contributed by atoms with Gasteiger partial charge in [-0.15, -0.1) is 11.3 Å². The summed E-state index contributed by atoms with van der Waals surface area (Å²) in [5.74, 6) is -0.812. The summed E-state index contributed by atoms with van der Waals surface area (Å²) in [7, 11) is 1.85. The average molecular weight is 410 g/mol. The standard InChI is InChI=1S/C19H18N6O3S/c1-4-28-19(27)12-5-15(11(2)20-6-12)23-17(26)14-8-22-25-10-16(29-18(14)25)13-7-21-24(3)9-13/h5-10H,4H2,1-3H3,(H,23,26). The van der Waals surface area contributed by atoms with E-state index in [1.165, 1.54) is 23.7 Å². The molecule has 0 radical (unpaired) electrons. The third-order valence-corrected chi connectivity index (χ3v) is 5.44. The second-order valence-electron chi connectivity index (χ2n) is 6.34. The zero-order valence-corrected chi connectivity index (χ0v) is 16.9. The number of aromatic nitrogens is 5. The molecule has 1 amide bonds. The van der Waals surface area contributed by atoms with Crippen LogP contribution in [0.4, 0.5) is 5.69 Å². The number of aryl methyl sites for hydroxylation is 2. The Morgan fingerprint density at radius 3 is 2.76 bits per heavy atom. The molecule has 0 fully saturated rings. The summed E-state index contributed by atoms with van der Waals surface area (Å²) in [4.78, 5) is 30.7. The van der Waals surface area contributed by atoms with E-state index in [0.29, 0.717) is 21.8 Å². The van der Waals surface area contributed by atoms with Crippen LogP contribution in [0.25, 0.3) is 15.3 Å². The Labute approximate surface area is 169 Å². The number of amides is 1. The van der Waals surface area contributed by atoms with Gasteiger partial charge in [-0.3, -0.25) is 14.5 Å². The lowest BCUT2D eigenvalue weighted by Crippen LogP contribution is -2.14. The molecule has 148 valence electrons. The maximum atomic E-state index is 12.9. The van der Waals surface area contributed by atoms with Gasteiger partial charge in [0.1, 0.15) is 4.83 Å². The van der Waals surface area contributed by atoms with Crippen molar-refractivity contribution < 1.29 is 14.3 Å². The molecule has 0 aromatic carbocycles. The van der Waals surface area contributed by atoms with E-state index in [1.54, 1.807) is 35.3 Å². The summed E-state index contributed by atoms with van der Waals surface area (Å²) < 4.78 is 8.38. The van der Waals surface area contributed by atoms with Gasteiger partial charge in [0.05, 0.1) is 46.4 Å². The van der Waals surface area contributed by atoms with Crippen molar-refractivity contribution in [3.8, 4) is 10.4 Å². The molecule has 4 aromatic rings. The van der Waals surface area contributed by atoms with Crippen LogP contribution in [0.5, 0.6) is 0 Å². The van der Waals surface area contributed by atoms with Crippen molar-refractivity contribution in [1.29, 1.82) is 0 Å². The maximum absolute atomic E-state index is 12.9. The Hall–Kier alpha value is -3.53. The van der Waals surface area contributed by atoms with Gasteiger partial charge < -0.3 is 10.1 Å². The van der Waals surface area contributed by atoms with Gasteiger partial charge in [-0.25, -0.2) is 9.31 Å². The topological polar surface area (TPSA) is 103 Å². The first-order valence-electron chi connectivity index (χ1n) is 8.87. The van der Waals surface area contributed by atoms with Crippen LogP contribution in [0, 0.1) is 6.92 Å². The fraction of sp³-hybridized carbons (Fsp3) is 0.211. The quantitative estimate of drug-likeness (QED) is 0.508. The van der Waals surface area contributed by atoms with Gasteiger partial charge in [-0.05, 0) is 19.9 Å². The number of hydrogen-bond donors (Lipinski definition) is 1. The van der Waals surface area contributed by atoms with Crippen LogP contribution < -0.4 is 5.32 Å². The van der Waals surface area contributed by atoms with Gasteiger partial charge in [0.15, 0.2) is 0 Å². The molecule has 0 aliphatic heterocycles. The number of rotatable bonds is 5. The number of carbonyl (C=O) groups excluding carboxylic acids is 2. The number of carbonyl (C=O) groups is 2. The lowest BCUT2D eigenvalue weighted by atomic mass is 10.2. The molecule has 0 saturated carbocycles. The number of hydrogen-bond acceptors (Lipinski definition) is 7. The second-order valence-corrected chi connectivity index (χ2v) is 7.37. The number of ether oxygens (including phenoxy) is 1. The van der Waals surface area contributed by atoms with Crippen molar-refractivity contribution >= 4 is 33.7 Å². The average Bonchev–Trinajstić information content (AvgIpc) is 3.38. The van der Waals surface area contributed by atoms with E-state index >= 15 is 0 Å². The number of nitrogens with one attached hydrogen (secondary N) is 1. The molecule has 0 bridgehead atoms. The van der Waals surface area contributed by atoms with E-state index in [9.17, 15) is 9.59 Å². The van der Waals surface area contributed by atoms with Crippen LogP contribution in [0.3, 0.4) is 0 Å². The molecule has 0 unspecified atom stereocenters. The van der Waals surface area contributed by atoms with Crippen molar-refractivity contribution in [1.82, 2.24) is 24.4 Å². The minimum absolute atomic E-state index is 0.264. The lowest BCUT2D eigenvalue weighted by molar-refractivity contribution is 0.0525. The van der Waals surface area contributed by atoms with Crippen molar-refractivity contribution in [2.45, 2.75) is 13.8 Å². The largest absolute Gasteiger partial charge is 0.462 e. The molecule has 0 atom stereocenters. The van der Waals surface area contributed by atoms with Gasteiger partial charge in [0.2, 0.25) is 0 Å². The van der Waals surface area contributed by atoms with E-state index in [1.807, 2.05) is 19.4 Å². The molecule has 0 aliphatic rings. The highest BCUT2D eigenvalue weighted by atomic mass is 32.1. The molecule has 10 heteroatoms. The molecule has 0 spiro atoms. The monoisotopic (exact) mass is 410 g/mol. The molecule has 9 nitrogen and oxygen atoms in total. The minimum atomic E-state index is -0.484. The predicted octanol–water partition coefficient (Wildman–Crippen LogP) is 2.93. The molecule has 4 rings (SSSR count). The highest BCUT2D eigenvalue weighted by Gasteiger charge is 2.18. The molecular formula is C19H18N6O3S. The number of thiazole rings is 1. The van der Waals surface area contributed by atoms with Gasteiger partial charge in [-0.2, -0.15) is 10.2 Å². The third-order valence-electron chi connectivity index (χ3n) is 4.28. The van der Waals surface area contributed by atoms with Gasteiger partial charge >= 0.3 is 5.97 Å². The SMILES string of the molecule is CCOC(=O)c1cnc(C)c(NC(=O)c2cnn3cc(-c4cnn(C)c4)sc23)c1. The first-order chi connectivity index (χ1) is 14.0. The number of nitrogens with zero attached hydrogens (tertiary/aromatic N) is 5. The first kappa shape index (κ1) is 18.8. The summed E-state index contributed by atoms with van der Waals surface area (Å²) in [5.41, 5.74) is 2.71. The predicted molar refractivity (Wildman–Crippen MR) is 108 cm³/mol. The number of esters is 1. The normalized spacial score (nSPS) is 11.0. The van der Waals surface area contributed by atoms with Crippen LogP contribution in [0.2, 0.25) is 0 Å². The number of anilines is 1. The first-order valence-corrected chi connectivity index (χ1v) is 9.69. The molecular weight excluding hydrogens is 392 g/mol. The van der Waals surface area contributed by atoms with E-state index in [4.69, 9.17) is 4.74 Å². The fourth-order valence-corrected chi connectivity index (χ4v) is 3.83. The second kappa shape index (κ2) is 7.47. The van der Waals surface area contributed by atoms with E-state index in [-0.39, 0.29) is 18.1 Å². The van der Waals surface area contributed by atoms with Crippen molar-refractivity contribution in [2.75, 3.05) is 11.9 Å². The van der Waals surface area contributed by atoms with E-state index in [0.717, 1.165) is 10.4 Å². The van der Waals surface area contributed by atoms with E-state index in [2.05, 4.69) is 20.5 Å². The zero-order chi connectivity index (χ0) is 20.5. The molecule has 4 aromatic heterocycles. The van der Waals surface area contributed by atoms with Gasteiger partial charge in [0, 0.05) is 31.2 Å². The summed E-state index contributed by atoms with van der Waals surface area (Å²) in [6.45, 7) is 3.75. The molecule has 0 saturated heterocycles.